The van der Waals surface area contributed by atoms with Crippen LogP contribution in [0.2, 0.25) is 0 Å². The molecule has 0 aliphatic carbocycles. The van der Waals surface area contributed by atoms with Gasteiger partial charge in [0.05, 0.1) is 46.8 Å². The first-order valence-corrected chi connectivity index (χ1v) is 12.4. The highest BCUT2D eigenvalue weighted by Crippen LogP contribution is 2.40. The number of hydrogen-bond donors (Lipinski definition) is 0. The molecule has 2 atom stereocenters. The number of nitrogens with zero attached hydrogens (tertiary/aromatic N) is 6. The summed E-state index contributed by atoms with van der Waals surface area (Å²) in [6.07, 6.45) is 3.06. The molecule has 5 rings (SSSR count). The molecule has 2 aliphatic rings. The molecule has 2 fully saturated rings. The standard InChI is InChI=1S/C24H30N6O2S/c1-15-11-18(30(27-15)20-7-5-6-9-32-20)21-22-23(33-28-21)17(24(3,4)14-25)12-19(26-22)29-8-10-31-13-16(29)2/h11-12,16,20H,5-10,13H2,1-4H3/t16-,20?/m0/s1. The second-order valence-electron chi connectivity index (χ2n) is 9.53. The summed E-state index contributed by atoms with van der Waals surface area (Å²) in [7, 11) is 0. The highest BCUT2D eigenvalue weighted by molar-refractivity contribution is 7.13. The minimum absolute atomic E-state index is 0.0864. The average Bonchev–Trinajstić information content (AvgIpc) is 3.42. The van der Waals surface area contributed by atoms with Gasteiger partial charge in [-0.1, -0.05) is 0 Å². The molecule has 0 N–H and O–H groups in total. The molecular weight excluding hydrogens is 436 g/mol. The SMILES string of the molecule is Cc1cc(-c2nsc3c(C(C)(C)C#N)cc(N4CCOC[C@@H]4C)nc23)n(C2CCCCO2)n1. The van der Waals surface area contributed by atoms with Gasteiger partial charge in [0.2, 0.25) is 0 Å². The lowest BCUT2D eigenvalue weighted by atomic mass is 9.86. The van der Waals surface area contributed by atoms with Crippen LogP contribution in [0.1, 0.15) is 57.5 Å². The number of ether oxygens (including phenoxy) is 2. The van der Waals surface area contributed by atoms with Gasteiger partial charge in [-0.15, -0.1) is 0 Å². The van der Waals surface area contributed by atoms with Crippen molar-refractivity contribution in [1.29, 1.82) is 5.26 Å². The molecule has 33 heavy (non-hydrogen) atoms. The summed E-state index contributed by atoms with van der Waals surface area (Å²) in [5, 5.41) is 14.7. The highest BCUT2D eigenvalue weighted by atomic mass is 32.1. The molecular formula is C24H30N6O2S. The zero-order valence-corrected chi connectivity index (χ0v) is 20.5. The molecule has 9 heteroatoms. The Labute approximate surface area is 198 Å². The fourth-order valence-corrected chi connectivity index (χ4v) is 5.65. The Morgan fingerprint density at radius 1 is 1.24 bits per heavy atom. The van der Waals surface area contributed by atoms with E-state index in [4.69, 9.17) is 23.9 Å². The molecule has 5 heterocycles. The van der Waals surface area contributed by atoms with Crippen LogP contribution in [0.5, 0.6) is 0 Å². The topological polar surface area (TPSA) is 89.1 Å². The van der Waals surface area contributed by atoms with Gasteiger partial charge < -0.3 is 14.4 Å². The van der Waals surface area contributed by atoms with E-state index in [-0.39, 0.29) is 12.3 Å². The van der Waals surface area contributed by atoms with Crippen molar-refractivity contribution in [3.63, 3.8) is 0 Å². The van der Waals surface area contributed by atoms with Crippen LogP contribution < -0.4 is 4.90 Å². The summed E-state index contributed by atoms with van der Waals surface area (Å²) in [6.45, 7) is 10.9. The molecule has 0 amide bonds. The normalized spacial score (nSPS) is 22.0. The Hall–Kier alpha value is -2.54. The van der Waals surface area contributed by atoms with E-state index in [1.54, 1.807) is 0 Å². The van der Waals surface area contributed by atoms with E-state index >= 15 is 0 Å². The first-order chi connectivity index (χ1) is 15.9. The van der Waals surface area contributed by atoms with Gasteiger partial charge >= 0.3 is 0 Å². The third-order valence-electron chi connectivity index (χ3n) is 6.56. The van der Waals surface area contributed by atoms with Crippen LogP contribution in [0.4, 0.5) is 5.82 Å². The van der Waals surface area contributed by atoms with E-state index < -0.39 is 5.41 Å². The number of anilines is 1. The van der Waals surface area contributed by atoms with Crippen molar-refractivity contribution in [2.75, 3.05) is 31.3 Å². The van der Waals surface area contributed by atoms with Crippen molar-refractivity contribution in [3.05, 3.63) is 23.4 Å². The quantitative estimate of drug-likeness (QED) is 0.556. The van der Waals surface area contributed by atoms with Gasteiger partial charge in [-0.3, -0.25) is 0 Å². The molecule has 0 spiro atoms. The molecule has 0 bridgehead atoms. The van der Waals surface area contributed by atoms with Gasteiger partial charge in [-0.25, -0.2) is 9.67 Å². The number of aromatic nitrogens is 4. The summed E-state index contributed by atoms with van der Waals surface area (Å²) in [6, 6.07) is 6.82. The van der Waals surface area contributed by atoms with Crippen molar-refractivity contribution in [2.24, 2.45) is 0 Å². The van der Waals surface area contributed by atoms with E-state index in [1.807, 2.05) is 25.5 Å². The van der Waals surface area contributed by atoms with Crippen LogP contribution >= 0.6 is 11.5 Å². The van der Waals surface area contributed by atoms with Crippen molar-refractivity contribution in [2.45, 2.75) is 64.6 Å². The Bertz CT molecular complexity index is 1200. The monoisotopic (exact) mass is 466 g/mol. The molecule has 0 aromatic carbocycles. The first-order valence-electron chi connectivity index (χ1n) is 11.6. The largest absolute Gasteiger partial charge is 0.377 e. The lowest BCUT2D eigenvalue weighted by molar-refractivity contribution is -0.0385. The number of morpholine rings is 1. The smallest absolute Gasteiger partial charge is 0.150 e. The predicted octanol–water partition coefficient (Wildman–Crippen LogP) is 4.59. The van der Waals surface area contributed by atoms with E-state index in [1.165, 1.54) is 11.5 Å². The fraction of sp³-hybridized carbons (Fsp3) is 0.583. The Balaban J connectivity index is 1.70. The predicted molar refractivity (Wildman–Crippen MR) is 128 cm³/mol. The first kappa shape index (κ1) is 22.3. The maximum atomic E-state index is 9.95. The zero-order chi connectivity index (χ0) is 23.2. The second-order valence-corrected chi connectivity index (χ2v) is 10.3. The van der Waals surface area contributed by atoms with Gasteiger partial charge in [0.1, 0.15) is 17.0 Å². The molecule has 1 unspecified atom stereocenters. The van der Waals surface area contributed by atoms with Crippen LogP contribution in [0.3, 0.4) is 0 Å². The minimum atomic E-state index is -0.669. The molecule has 0 radical (unpaired) electrons. The third kappa shape index (κ3) is 4.01. The molecule has 8 nitrogen and oxygen atoms in total. The lowest BCUT2D eigenvalue weighted by Crippen LogP contribution is -2.44. The lowest BCUT2D eigenvalue weighted by Gasteiger charge is -2.35. The Morgan fingerprint density at radius 2 is 2.09 bits per heavy atom. The summed E-state index contributed by atoms with van der Waals surface area (Å²) in [4.78, 5) is 7.39. The number of aryl methyl sites for hydroxylation is 1. The molecule has 0 saturated carbocycles. The van der Waals surface area contributed by atoms with Gasteiger partial charge in [0.15, 0.2) is 6.23 Å². The van der Waals surface area contributed by atoms with E-state index in [2.05, 4.69) is 30.0 Å². The van der Waals surface area contributed by atoms with Gasteiger partial charge in [-0.2, -0.15) is 14.7 Å². The van der Waals surface area contributed by atoms with Crippen molar-refractivity contribution in [3.8, 4) is 17.5 Å². The maximum absolute atomic E-state index is 9.95. The number of nitriles is 1. The number of pyridine rings is 1. The molecule has 3 aromatic heterocycles. The minimum Gasteiger partial charge on any atom is -0.377 e. The number of hydrogen-bond acceptors (Lipinski definition) is 8. The van der Waals surface area contributed by atoms with Crippen LogP contribution in [0.15, 0.2) is 12.1 Å². The summed E-state index contributed by atoms with van der Waals surface area (Å²) in [5.74, 6) is 0.870. The Morgan fingerprint density at radius 3 is 2.82 bits per heavy atom. The Kier molecular flexibility index (Phi) is 5.85. The van der Waals surface area contributed by atoms with Crippen molar-refractivity contribution >= 4 is 27.6 Å². The van der Waals surface area contributed by atoms with Gasteiger partial charge in [0, 0.05) is 13.2 Å². The van der Waals surface area contributed by atoms with Crippen molar-refractivity contribution < 1.29 is 9.47 Å². The van der Waals surface area contributed by atoms with Crippen LogP contribution in [0.25, 0.3) is 21.6 Å². The second kappa shape index (κ2) is 8.67. The average molecular weight is 467 g/mol. The number of rotatable bonds is 4. The summed E-state index contributed by atoms with van der Waals surface area (Å²) < 4.78 is 19.5. The van der Waals surface area contributed by atoms with Crippen molar-refractivity contribution in [1.82, 2.24) is 19.1 Å². The van der Waals surface area contributed by atoms with E-state index in [0.29, 0.717) is 13.2 Å². The molecule has 3 aromatic rings. The van der Waals surface area contributed by atoms with E-state index in [9.17, 15) is 5.26 Å². The third-order valence-corrected chi connectivity index (χ3v) is 7.43. The van der Waals surface area contributed by atoms with E-state index in [0.717, 1.165) is 71.1 Å². The molecule has 2 aliphatic heterocycles. The molecule has 174 valence electrons. The van der Waals surface area contributed by atoms with Crippen LogP contribution in [-0.4, -0.2) is 51.5 Å². The summed E-state index contributed by atoms with van der Waals surface area (Å²) >= 11 is 1.41. The van der Waals surface area contributed by atoms with Crippen LogP contribution in [-0.2, 0) is 14.9 Å². The molecule has 2 saturated heterocycles. The zero-order valence-electron chi connectivity index (χ0n) is 19.7. The number of fused-ring (bicyclic) bond motifs is 1. The van der Waals surface area contributed by atoms with Gasteiger partial charge in [0.25, 0.3) is 0 Å². The summed E-state index contributed by atoms with van der Waals surface area (Å²) in [5.41, 5.74) is 3.78. The van der Waals surface area contributed by atoms with Gasteiger partial charge in [-0.05, 0) is 76.2 Å². The fourth-order valence-electron chi connectivity index (χ4n) is 4.64. The van der Waals surface area contributed by atoms with Crippen LogP contribution in [0, 0.1) is 18.3 Å². The maximum Gasteiger partial charge on any atom is 0.150 e. The highest BCUT2D eigenvalue weighted by Gasteiger charge is 2.31.